The number of hydrogen-bond donors (Lipinski definition) is 1. The molecule has 0 saturated heterocycles. The summed E-state index contributed by atoms with van der Waals surface area (Å²) >= 11 is 0. The average molecular weight is 244 g/mol. The lowest BCUT2D eigenvalue weighted by atomic mass is 10.0. The molecule has 0 aliphatic carbocycles. The van der Waals surface area contributed by atoms with Gasteiger partial charge in [0.25, 0.3) is 0 Å². The molecular weight excluding hydrogens is 228 g/mol. The van der Waals surface area contributed by atoms with E-state index in [1.807, 2.05) is 31.2 Å². The van der Waals surface area contributed by atoms with E-state index in [9.17, 15) is 0 Å². The molecule has 0 aliphatic heterocycles. The molecule has 94 valence electrons. The molecule has 1 aromatic heterocycles. The van der Waals surface area contributed by atoms with Gasteiger partial charge in [-0.25, -0.2) is 4.98 Å². The van der Waals surface area contributed by atoms with Gasteiger partial charge in [-0.1, -0.05) is 0 Å². The van der Waals surface area contributed by atoms with Crippen molar-refractivity contribution in [2.24, 2.45) is 0 Å². The molecule has 0 fully saturated rings. The monoisotopic (exact) mass is 244 g/mol. The largest absolute Gasteiger partial charge is 0.497 e. The zero-order valence-corrected chi connectivity index (χ0v) is 10.7. The van der Waals surface area contributed by atoms with Crippen LogP contribution in [0.4, 0.5) is 5.82 Å². The Morgan fingerprint density at radius 3 is 2.50 bits per heavy atom. The summed E-state index contributed by atoms with van der Waals surface area (Å²) in [6, 6.07) is 7.57. The molecule has 1 aromatic carbocycles. The number of methoxy groups -OCH3 is 2. The van der Waals surface area contributed by atoms with Crippen LogP contribution in [0.5, 0.6) is 11.5 Å². The number of hydrogen-bond acceptors (Lipinski definition) is 4. The van der Waals surface area contributed by atoms with E-state index in [2.05, 4.69) is 4.98 Å². The highest BCUT2D eigenvalue weighted by Gasteiger charge is 2.13. The third-order valence-electron chi connectivity index (χ3n) is 2.87. The molecule has 4 heteroatoms. The van der Waals surface area contributed by atoms with Gasteiger partial charge in [-0.15, -0.1) is 0 Å². The second kappa shape index (κ2) is 4.96. The third kappa shape index (κ3) is 2.09. The van der Waals surface area contributed by atoms with Gasteiger partial charge in [-0.3, -0.25) is 0 Å². The fraction of sp³-hybridized carbons (Fsp3) is 0.214. The Hall–Kier alpha value is -2.23. The minimum atomic E-state index is 0.499. The molecule has 1 heterocycles. The minimum Gasteiger partial charge on any atom is -0.497 e. The molecule has 0 unspecified atom stereocenters. The van der Waals surface area contributed by atoms with E-state index in [0.717, 1.165) is 28.2 Å². The summed E-state index contributed by atoms with van der Waals surface area (Å²) < 4.78 is 10.6. The van der Waals surface area contributed by atoms with Gasteiger partial charge in [0.05, 0.1) is 14.2 Å². The number of nitrogens with zero attached hydrogens (tertiary/aromatic N) is 1. The Morgan fingerprint density at radius 2 is 1.89 bits per heavy atom. The first kappa shape index (κ1) is 12.2. The van der Waals surface area contributed by atoms with Crippen molar-refractivity contribution in [3.8, 4) is 22.6 Å². The molecule has 2 rings (SSSR count). The topological polar surface area (TPSA) is 57.4 Å². The molecular formula is C14H16N2O2. The van der Waals surface area contributed by atoms with Crippen molar-refractivity contribution in [2.45, 2.75) is 6.92 Å². The standard InChI is InChI=1S/C14H16N2O2/c1-9-6-7-16-14(15)13(9)11-5-4-10(17-2)8-12(11)18-3/h4-8H,1-3H3,(H2,15,16). The Kier molecular flexibility index (Phi) is 3.37. The predicted octanol–water partition coefficient (Wildman–Crippen LogP) is 2.66. The summed E-state index contributed by atoms with van der Waals surface area (Å²) in [5.74, 6) is 1.96. The van der Waals surface area contributed by atoms with Gasteiger partial charge in [0.15, 0.2) is 0 Å². The van der Waals surface area contributed by atoms with Crippen LogP contribution in [0.25, 0.3) is 11.1 Å². The number of anilines is 1. The molecule has 18 heavy (non-hydrogen) atoms. The van der Waals surface area contributed by atoms with Crippen LogP contribution in [0.2, 0.25) is 0 Å². The highest BCUT2D eigenvalue weighted by atomic mass is 16.5. The van der Waals surface area contributed by atoms with E-state index in [4.69, 9.17) is 15.2 Å². The van der Waals surface area contributed by atoms with Crippen LogP contribution < -0.4 is 15.2 Å². The van der Waals surface area contributed by atoms with Crippen LogP contribution in [0, 0.1) is 6.92 Å². The molecule has 0 bridgehead atoms. The van der Waals surface area contributed by atoms with Gasteiger partial charge in [-0.2, -0.15) is 0 Å². The third-order valence-corrected chi connectivity index (χ3v) is 2.87. The number of pyridine rings is 1. The Morgan fingerprint density at radius 1 is 1.11 bits per heavy atom. The summed E-state index contributed by atoms with van der Waals surface area (Å²) in [5.41, 5.74) is 8.83. The van der Waals surface area contributed by atoms with Crippen molar-refractivity contribution < 1.29 is 9.47 Å². The number of aryl methyl sites for hydroxylation is 1. The predicted molar refractivity (Wildman–Crippen MR) is 71.9 cm³/mol. The fourth-order valence-corrected chi connectivity index (χ4v) is 1.93. The molecule has 4 nitrogen and oxygen atoms in total. The average Bonchev–Trinajstić information content (AvgIpc) is 2.38. The highest BCUT2D eigenvalue weighted by molar-refractivity contribution is 5.81. The lowest BCUT2D eigenvalue weighted by Crippen LogP contribution is -1.98. The van der Waals surface area contributed by atoms with Gasteiger partial charge in [-0.05, 0) is 30.7 Å². The van der Waals surface area contributed by atoms with Crippen molar-refractivity contribution in [3.05, 3.63) is 36.0 Å². The van der Waals surface area contributed by atoms with Gasteiger partial charge >= 0.3 is 0 Å². The summed E-state index contributed by atoms with van der Waals surface area (Å²) in [7, 11) is 3.25. The first-order valence-electron chi connectivity index (χ1n) is 5.61. The molecule has 2 N–H and O–H groups in total. The van der Waals surface area contributed by atoms with Crippen LogP contribution in [-0.2, 0) is 0 Å². The van der Waals surface area contributed by atoms with E-state index < -0.39 is 0 Å². The molecule has 0 saturated carbocycles. The van der Waals surface area contributed by atoms with Crippen molar-refractivity contribution in [1.82, 2.24) is 4.98 Å². The quantitative estimate of drug-likeness (QED) is 0.901. The van der Waals surface area contributed by atoms with Crippen molar-refractivity contribution in [3.63, 3.8) is 0 Å². The van der Waals surface area contributed by atoms with Gasteiger partial charge < -0.3 is 15.2 Å². The maximum Gasteiger partial charge on any atom is 0.131 e. The lowest BCUT2D eigenvalue weighted by Gasteiger charge is -2.13. The summed E-state index contributed by atoms with van der Waals surface area (Å²) in [6.07, 6.45) is 1.70. The molecule has 0 radical (unpaired) electrons. The summed E-state index contributed by atoms with van der Waals surface area (Å²) in [6.45, 7) is 2.00. The van der Waals surface area contributed by atoms with E-state index in [0.29, 0.717) is 5.82 Å². The summed E-state index contributed by atoms with van der Waals surface area (Å²) in [5, 5.41) is 0. The number of nitrogen functional groups attached to an aromatic ring is 1. The van der Waals surface area contributed by atoms with Crippen molar-refractivity contribution in [2.75, 3.05) is 20.0 Å². The highest BCUT2D eigenvalue weighted by Crippen LogP contribution is 2.37. The normalized spacial score (nSPS) is 10.2. The number of ether oxygens (including phenoxy) is 2. The molecule has 0 spiro atoms. The Bertz CT molecular complexity index is 547. The van der Waals surface area contributed by atoms with Gasteiger partial charge in [0, 0.05) is 23.4 Å². The smallest absolute Gasteiger partial charge is 0.131 e. The molecule has 2 aromatic rings. The van der Waals surface area contributed by atoms with E-state index in [1.54, 1.807) is 20.4 Å². The van der Waals surface area contributed by atoms with Crippen LogP contribution in [0.1, 0.15) is 5.56 Å². The number of aromatic nitrogens is 1. The lowest BCUT2D eigenvalue weighted by molar-refractivity contribution is 0.395. The molecule has 0 atom stereocenters. The van der Waals surface area contributed by atoms with E-state index in [-0.39, 0.29) is 0 Å². The van der Waals surface area contributed by atoms with Crippen LogP contribution >= 0.6 is 0 Å². The second-order valence-electron chi connectivity index (χ2n) is 3.95. The van der Waals surface area contributed by atoms with Crippen LogP contribution in [-0.4, -0.2) is 19.2 Å². The zero-order chi connectivity index (χ0) is 13.1. The van der Waals surface area contributed by atoms with E-state index >= 15 is 0 Å². The van der Waals surface area contributed by atoms with E-state index in [1.165, 1.54) is 0 Å². The minimum absolute atomic E-state index is 0.499. The molecule has 0 aliphatic rings. The summed E-state index contributed by atoms with van der Waals surface area (Å²) in [4.78, 5) is 4.13. The van der Waals surface area contributed by atoms with Gasteiger partial charge in [0.1, 0.15) is 17.3 Å². The van der Waals surface area contributed by atoms with Crippen molar-refractivity contribution >= 4 is 5.82 Å². The Labute approximate surface area is 106 Å². The molecule has 0 amide bonds. The second-order valence-corrected chi connectivity index (χ2v) is 3.95. The first-order valence-corrected chi connectivity index (χ1v) is 5.61. The maximum atomic E-state index is 5.95. The first-order chi connectivity index (χ1) is 8.67. The van der Waals surface area contributed by atoms with Crippen molar-refractivity contribution in [1.29, 1.82) is 0 Å². The zero-order valence-electron chi connectivity index (χ0n) is 10.7. The SMILES string of the molecule is COc1ccc(-c2c(C)ccnc2N)c(OC)c1. The fourth-order valence-electron chi connectivity index (χ4n) is 1.93. The number of benzene rings is 1. The number of rotatable bonds is 3. The van der Waals surface area contributed by atoms with Crippen LogP contribution in [0.15, 0.2) is 30.5 Å². The van der Waals surface area contributed by atoms with Crippen LogP contribution in [0.3, 0.4) is 0 Å². The maximum absolute atomic E-state index is 5.95. The number of nitrogens with two attached hydrogens (primary N) is 1. The Balaban J connectivity index is 2.63. The van der Waals surface area contributed by atoms with Gasteiger partial charge in [0.2, 0.25) is 0 Å².